The number of rotatable bonds is 5. The average Bonchev–Trinajstić information content (AvgIpc) is 2.77. The normalized spacial score (nSPS) is 10.7. The van der Waals surface area contributed by atoms with Crippen LogP contribution in [0, 0.1) is 0 Å². The van der Waals surface area contributed by atoms with E-state index in [2.05, 4.69) is 15.9 Å². The summed E-state index contributed by atoms with van der Waals surface area (Å²) in [6.45, 7) is 1.50. The molecule has 1 heterocycles. The SMILES string of the molecule is COc1cc2cc(C(=O)CCC(C)=O)sc2cc1Br. The Bertz CT molecular complexity index is 645. The maximum Gasteiger partial charge on any atom is 0.173 e. The molecule has 0 saturated heterocycles. The van der Waals surface area contributed by atoms with E-state index in [9.17, 15) is 9.59 Å². The number of hydrogen-bond donors (Lipinski definition) is 0. The lowest BCUT2D eigenvalue weighted by atomic mass is 10.1. The fourth-order valence-electron chi connectivity index (χ4n) is 1.75. The number of ketones is 2. The molecule has 2 rings (SSSR count). The first-order valence-corrected chi connectivity index (χ1v) is 7.42. The molecule has 19 heavy (non-hydrogen) atoms. The van der Waals surface area contributed by atoms with E-state index in [4.69, 9.17) is 4.74 Å². The smallest absolute Gasteiger partial charge is 0.173 e. The molecule has 0 N–H and O–H groups in total. The van der Waals surface area contributed by atoms with Crippen molar-refractivity contribution in [3.05, 3.63) is 27.5 Å². The van der Waals surface area contributed by atoms with Crippen LogP contribution in [0.25, 0.3) is 10.1 Å². The molecule has 3 nitrogen and oxygen atoms in total. The van der Waals surface area contributed by atoms with Crippen molar-refractivity contribution < 1.29 is 14.3 Å². The second-order valence-electron chi connectivity index (χ2n) is 4.26. The van der Waals surface area contributed by atoms with E-state index in [1.807, 2.05) is 18.2 Å². The first-order chi connectivity index (χ1) is 9.01. The molecule has 1 aromatic heterocycles. The van der Waals surface area contributed by atoms with E-state index in [1.54, 1.807) is 7.11 Å². The lowest BCUT2D eigenvalue weighted by molar-refractivity contribution is -0.116. The molecule has 0 spiro atoms. The van der Waals surface area contributed by atoms with Crippen molar-refractivity contribution in [3.8, 4) is 5.75 Å². The van der Waals surface area contributed by atoms with Gasteiger partial charge in [0.1, 0.15) is 11.5 Å². The zero-order chi connectivity index (χ0) is 14.0. The van der Waals surface area contributed by atoms with Gasteiger partial charge in [0.25, 0.3) is 0 Å². The lowest BCUT2D eigenvalue weighted by Crippen LogP contribution is -1.99. The van der Waals surface area contributed by atoms with Gasteiger partial charge in [0.15, 0.2) is 5.78 Å². The molecule has 2 aromatic rings. The molecule has 0 radical (unpaired) electrons. The molecule has 0 aliphatic heterocycles. The van der Waals surface area contributed by atoms with Crippen molar-refractivity contribution in [1.82, 2.24) is 0 Å². The van der Waals surface area contributed by atoms with Gasteiger partial charge in [-0.1, -0.05) is 0 Å². The number of hydrogen-bond acceptors (Lipinski definition) is 4. The second-order valence-corrected chi connectivity index (χ2v) is 6.20. The third-order valence-electron chi connectivity index (χ3n) is 2.77. The van der Waals surface area contributed by atoms with Crippen LogP contribution in [-0.4, -0.2) is 18.7 Å². The molecule has 0 bridgehead atoms. The third-order valence-corrected chi connectivity index (χ3v) is 4.53. The molecule has 1 aromatic carbocycles. The molecule has 0 saturated carbocycles. The van der Waals surface area contributed by atoms with Crippen LogP contribution in [0.3, 0.4) is 0 Å². The van der Waals surface area contributed by atoms with Gasteiger partial charge < -0.3 is 9.53 Å². The standard InChI is InChI=1S/C14H13BrO3S/c1-8(16)3-4-11(17)14-6-9-5-12(18-2)10(15)7-13(9)19-14/h5-7H,3-4H2,1-2H3. The molecule has 0 fully saturated rings. The summed E-state index contributed by atoms with van der Waals surface area (Å²) in [6, 6.07) is 5.70. The predicted octanol–water partition coefficient (Wildman–Crippen LogP) is 4.22. The fraction of sp³-hybridized carbons (Fsp3) is 0.286. The Morgan fingerprint density at radius 1 is 1.26 bits per heavy atom. The van der Waals surface area contributed by atoms with Crippen molar-refractivity contribution in [2.75, 3.05) is 7.11 Å². The number of benzene rings is 1. The summed E-state index contributed by atoms with van der Waals surface area (Å²) < 4.78 is 7.12. The second kappa shape index (κ2) is 5.84. The van der Waals surface area contributed by atoms with Crippen LogP contribution in [0.1, 0.15) is 29.4 Å². The van der Waals surface area contributed by atoms with Crippen LogP contribution in [0.2, 0.25) is 0 Å². The van der Waals surface area contributed by atoms with Gasteiger partial charge in [-0.15, -0.1) is 11.3 Å². The van der Waals surface area contributed by atoms with Crippen molar-refractivity contribution >= 4 is 48.9 Å². The van der Waals surface area contributed by atoms with E-state index >= 15 is 0 Å². The number of halogens is 1. The van der Waals surface area contributed by atoms with Crippen molar-refractivity contribution in [2.24, 2.45) is 0 Å². The number of methoxy groups -OCH3 is 1. The van der Waals surface area contributed by atoms with Crippen molar-refractivity contribution in [1.29, 1.82) is 0 Å². The predicted molar refractivity (Wildman–Crippen MR) is 80.3 cm³/mol. The number of carbonyl (C=O) groups is 2. The molecule has 100 valence electrons. The van der Waals surface area contributed by atoms with Crippen LogP contribution in [-0.2, 0) is 4.79 Å². The largest absolute Gasteiger partial charge is 0.496 e. The average molecular weight is 341 g/mol. The van der Waals surface area contributed by atoms with Crippen LogP contribution in [0.15, 0.2) is 22.7 Å². The van der Waals surface area contributed by atoms with E-state index in [0.717, 1.165) is 20.3 Å². The van der Waals surface area contributed by atoms with Gasteiger partial charge >= 0.3 is 0 Å². The molecule has 0 unspecified atom stereocenters. The van der Waals surface area contributed by atoms with Crippen molar-refractivity contribution in [2.45, 2.75) is 19.8 Å². The first kappa shape index (κ1) is 14.2. The monoisotopic (exact) mass is 340 g/mol. The minimum atomic E-state index is 0.0199. The zero-order valence-electron chi connectivity index (χ0n) is 10.7. The quantitative estimate of drug-likeness (QED) is 0.765. The van der Waals surface area contributed by atoms with Gasteiger partial charge in [-0.05, 0) is 46.4 Å². The molecule has 5 heteroatoms. The highest BCUT2D eigenvalue weighted by atomic mass is 79.9. The Morgan fingerprint density at radius 2 is 2.00 bits per heavy atom. The summed E-state index contributed by atoms with van der Waals surface area (Å²) in [6.07, 6.45) is 0.584. The summed E-state index contributed by atoms with van der Waals surface area (Å²) in [5, 5.41) is 0.983. The molecule has 0 atom stereocenters. The highest BCUT2D eigenvalue weighted by molar-refractivity contribution is 9.10. The summed E-state index contributed by atoms with van der Waals surface area (Å²) >= 11 is 4.87. The minimum absolute atomic E-state index is 0.0199. The Kier molecular flexibility index (Phi) is 4.37. The first-order valence-electron chi connectivity index (χ1n) is 5.81. The lowest BCUT2D eigenvalue weighted by Gasteiger charge is -2.01. The summed E-state index contributed by atoms with van der Waals surface area (Å²) in [7, 11) is 1.61. The highest BCUT2D eigenvalue weighted by Crippen LogP contribution is 2.35. The van der Waals surface area contributed by atoms with E-state index in [-0.39, 0.29) is 18.0 Å². The number of ether oxygens (including phenoxy) is 1. The van der Waals surface area contributed by atoms with Crippen LogP contribution in [0.5, 0.6) is 5.75 Å². The molecular weight excluding hydrogens is 328 g/mol. The van der Waals surface area contributed by atoms with Gasteiger partial charge in [-0.25, -0.2) is 0 Å². The Morgan fingerprint density at radius 3 is 2.63 bits per heavy atom. The van der Waals surface area contributed by atoms with Gasteiger partial charge in [0.2, 0.25) is 0 Å². The minimum Gasteiger partial charge on any atom is -0.496 e. The van der Waals surface area contributed by atoms with Gasteiger partial charge in [0, 0.05) is 17.5 Å². The Balaban J connectivity index is 2.31. The number of fused-ring (bicyclic) bond motifs is 1. The summed E-state index contributed by atoms with van der Waals surface area (Å²) in [5.74, 6) is 0.804. The van der Waals surface area contributed by atoms with E-state index in [0.29, 0.717) is 11.3 Å². The molecule has 0 amide bonds. The van der Waals surface area contributed by atoms with Gasteiger partial charge in [-0.3, -0.25) is 4.79 Å². The molecular formula is C14H13BrO3S. The molecule has 0 aliphatic carbocycles. The van der Waals surface area contributed by atoms with E-state index < -0.39 is 0 Å². The van der Waals surface area contributed by atoms with Crippen LogP contribution in [0.4, 0.5) is 0 Å². The molecule has 0 aliphatic rings. The highest BCUT2D eigenvalue weighted by Gasteiger charge is 2.13. The zero-order valence-corrected chi connectivity index (χ0v) is 13.1. The Hall–Kier alpha value is -1.20. The third kappa shape index (κ3) is 3.22. The van der Waals surface area contributed by atoms with Gasteiger partial charge in [-0.2, -0.15) is 0 Å². The maximum atomic E-state index is 12.0. The number of thiophene rings is 1. The number of carbonyl (C=O) groups excluding carboxylic acids is 2. The summed E-state index contributed by atoms with van der Waals surface area (Å²) in [5.41, 5.74) is 0. The van der Waals surface area contributed by atoms with Crippen molar-refractivity contribution in [3.63, 3.8) is 0 Å². The fourth-order valence-corrected chi connectivity index (χ4v) is 3.46. The summed E-state index contributed by atoms with van der Waals surface area (Å²) in [4.78, 5) is 23.6. The van der Waals surface area contributed by atoms with Crippen LogP contribution < -0.4 is 4.74 Å². The van der Waals surface area contributed by atoms with E-state index in [1.165, 1.54) is 18.3 Å². The van der Waals surface area contributed by atoms with Crippen LogP contribution >= 0.6 is 27.3 Å². The maximum absolute atomic E-state index is 12.0. The topological polar surface area (TPSA) is 43.4 Å². The number of Topliss-reactive ketones (excluding diaryl/α,β-unsaturated/α-hetero) is 2. The Labute approximate surface area is 123 Å². The van der Waals surface area contributed by atoms with Gasteiger partial charge in [0.05, 0.1) is 16.5 Å².